The first-order valence-electron chi connectivity index (χ1n) is 8.58. The summed E-state index contributed by atoms with van der Waals surface area (Å²) >= 11 is 0. The second-order valence-corrected chi connectivity index (χ2v) is 8.00. The minimum absolute atomic E-state index is 0.00826. The highest BCUT2D eigenvalue weighted by Gasteiger charge is 2.76. The van der Waals surface area contributed by atoms with Gasteiger partial charge in [0.25, 0.3) is 0 Å². The maximum Gasteiger partial charge on any atom is 0.313 e. The molecule has 1 aromatic carbocycles. The number of ether oxygens (including phenoxy) is 2. The number of aryl methyl sites for hydroxylation is 2. The third-order valence-corrected chi connectivity index (χ3v) is 7.36. The molecule has 1 aromatic rings. The fourth-order valence-corrected chi connectivity index (χ4v) is 6.56. The Balaban J connectivity index is 1.78. The first kappa shape index (κ1) is 12.7. The Bertz CT molecular complexity index is 859. The first-order chi connectivity index (χ1) is 11.0. The van der Waals surface area contributed by atoms with Gasteiger partial charge in [0.1, 0.15) is 6.10 Å². The van der Waals surface area contributed by atoms with Crippen molar-refractivity contribution in [2.45, 2.75) is 50.9 Å². The van der Waals surface area contributed by atoms with Crippen LogP contribution >= 0.6 is 0 Å². The van der Waals surface area contributed by atoms with Gasteiger partial charge in [-0.05, 0) is 54.2 Å². The van der Waals surface area contributed by atoms with E-state index in [0.717, 1.165) is 24.0 Å². The number of fused-ring (bicyclic) bond motifs is 2. The summed E-state index contributed by atoms with van der Waals surface area (Å²) < 4.78 is 12.3. The fraction of sp³-hybridized carbons (Fsp3) is 0.579. The summed E-state index contributed by atoms with van der Waals surface area (Å²) in [5.41, 5.74) is 4.19. The van der Waals surface area contributed by atoms with Crippen molar-refractivity contribution in [3.63, 3.8) is 0 Å². The average molecular weight is 310 g/mol. The Hall–Kier alpha value is -1.68. The van der Waals surface area contributed by atoms with Gasteiger partial charge in [0.05, 0.1) is 17.6 Å². The Labute approximate surface area is 133 Å². The van der Waals surface area contributed by atoms with Gasteiger partial charge < -0.3 is 9.47 Å². The highest BCUT2D eigenvalue weighted by atomic mass is 16.6. The predicted molar refractivity (Wildman–Crippen MR) is 81.1 cm³/mol. The van der Waals surface area contributed by atoms with Gasteiger partial charge >= 0.3 is 5.97 Å². The van der Waals surface area contributed by atoms with E-state index in [0.29, 0.717) is 0 Å². The molecule has 1 spiro atoms. The zero-order valence-electron chi connectivity index (χ0n) is 13.2. The highest BCUT2D eigenvalue weighted by Crippen LogP contribution is 2.73. The van der Waals surface area contributed by atoms with Gasteiger partial charge in [-0.3, -0.25) is 9.59 Å². The van der Waals surface area contributed by atoms with E-state index in [1.807, 2.05) is 6.92 Å². The van der Waals surface area contributed by atoms with Crippen molar-refractivity contribution in [2.24, 2.45) is 17.3 Å². The van der Waals surface area contributed by atoms with E-state index in [1.54, 1.807) is 12.1 Å². The molecule has 6 aliphatic rings. The molecule has 4 fully saturated rings. The van der Waals surface area contributed by atoms with Crippen LogP contribution in [0.1, 0.15) is 47.6 Å². The Morgan fingerprint density at radius 3 is 2.83 bits per heavy atom. The lowest BCUT2D eigenvalue weighted by Gasteiger charge is -2.57. The summed E-state index contributed by atoms with van der Waals surface area (Å²) in [6.07, 6.45) is 1.47. The number of carbonyl (C=O) groups excluding carboxylic acids is 1. The standard InChI is InChI=1S/C19H18O4/c1-7-5-10(20)6-9-3-4-19-8(2)15-17(23-18(19)21)13-14(19)12(9)11(7)16(13)22-15/h5-6,8,13-17H,3-4H2,1-2H3/t8-,13?,14?,15+,16-,17?,19+/m0/s1. The van der Waals surface area contributed by atoms with Crippen LogP contribution in [0.2, 0.25) is 0 Å². The van der Waals surface area contributed by atoms with Crippen molar-refractivity contribution < 1.29 is 14.3 Å². The van der Waals surface area contributed by atoms with Crippen molar-refractivity contribution in [2.75, 3.05) is 0 Å². The third kappa shape index (κ3) is 1.11. The van der Waals surface area contributed by atoms with Gasteiger partial charge in [0, 0.05) is 17.8 Å². The van der Waals surface area contributed by atoms with Gasteiger partial charge in [0.2, 0.25) is 0 Å². The fourth-order valence-electron chi connectivity index (χ4n) is 6.56. The van der Waals surface area contributed by atoms with E-state index < -0.39 is 5.41 Å². The largest absolute Gasteiger partial charge is 0.459 e. The smallest absolute Gasteiger partial charge is 0.313 e. The quantitative estimate of drug-likeness (QED) is 0.688. The van der Waals surface area contributed by atoms with E-state index in [1.165, 1.54) is 11.1 Å². The maximum absolute atomic E-state index is 12.9. The van der Waals surface area contributed by atoms with Crippen LogP contribution in [0.15, 0.2) is 16.9 Å². The molecule has 7 atom stereocenters. The maximum atomic E-state index is 12.9. The molecule has 4 bridgehead atoms. The lowest BCUT2D eigenvalue weighted by atomic mass is 9.50. The number of hydrogen-bond donors (Lipinski definition) is 0. The summed E-state index contributed by atoms with van der Waals surface area (Å²) in [5, 5.41) is 0. The van der Waals surface area contributed by atoms with Crippen molar-refractivity contribution in [3.05, 3.63) is 44.6 Å². The lowest BCUT2D eigenvalue weighted by molar-refractivity contribution is -0.215. The van der Waals surface area contributed by atoms with Gasteiger partial charge in [0.15, 0.2) is 5.43 Å². The summed E-state index contributed by atoms with van der Waals surface area (Å²) in [7, 11) is 0. The van der Waals surface area contributed by atoms with Gasteiger partial charge in [-0.15, -0.1) is 0 Å². The highest BCUT2D eigenvalue weighted by molar-refractivity contribution is 5.83. The van der Waals surface area contributed by atoms with Gasteiger partial charge in [-0.25, -0.2) is 0 Å². The molecule has 3 saturated heterocycles. The summed E-state index contributed by atoms with van der Waals surface area (Å²) in [4.78, 5) is 25.0. The summed E-state index contributed by atoms with van der Waals surface area (Å²) in [6.45, 7) is 4.17. The second kappa shape index (κ2) is 3.54. The number of rotatable bonds is 0. The molecule has 0 N–H and O–H groups in total. The molecule has 4 heteroatoms. The van der Waals surface area contributed by atoms with Crippen molar-refractivity contribution in [1.29, 1.82) is 0 Å². The monoisotopic (exact) mass is 310 g/mol. The molecule has 7 rings (SSSR count). The molecule has 3 aliphatic heterocycles. The van der Waals surface area contributed by atoms with Crippen LogP contribution in [-0.4, -0.2) is 18.2 Å². The van der Waals surface area contributed by atoms with Crippen LogP contribution in [-0.2, 0) is 20.7 Å². The molecule has 3 aliphatic carbocycles. The molecule has 118 valence electrons. The Morgan fingerprint density at radius 1 is 1.17 bits per heavy atom. The van der Waals surface area contributed by atoms with Crippen molar-refractivity contribution >= 4 is 5.97 Å². The van der Waals surface area contributed by atoms with Crippen molar-refractivity contribution in [3.8, 4) is 0 Å². The SMILES string of the molecule is Cc1cc(=O)cc2c3c1[C@@H]1O[C@H]4C5OC(=O)[C@@](CC2)(C3C51)[C@H]4C. The van der Waals surface area contributed by atoms with Crippen LogP contribution in [0.3, 0.4) is 0 Å². The van der Waals surface area contributed by atoms with E-state index in [9.17, 15) is 9.59 Å². The first-order valence-corrected chi connectivity index (χ1v) is 8.58. The van der Waals surface area contributed by atoms with Gasteiger partial charge in [-0.1, -0.05) is 6.92 Å². The summed E-state index contributed by atoms with van der Waals surface area (Å²) in [5.74, 6) is 0.594. The lowest BCUT2D eigenvalue weighted by Crippen LogP contribution is -2.64. The molecular formula is C19H18O4. The summed E-state index contributed by atoms with van der Waals surface area (Å²) in [6, 6.07) is 3.52. The molecule has 3 unspecified atom stereocenters. The zero-order chi connectivity index (χ0) is 15.7. The third-order valence-electron chi connectivity index (χ3n) is 7.36. The molecule has 0 amide bonds. The van der Waals surface area contributed by atoms with E-state index >= 15 is 0 Å². The molecule has 23 heavy (non-hydrogen) atoms. The average Bonchev–Trinajstić information content (AvgIpc) is 2.95. The van der Waals surface area contributed by atoms with Crippen LogP contribution < -0.4 is 5.43 Å². The molecule has 3 heterocycles. The number of carbonyl (C=O) groups is 1. The zero-order valence-corrected chi connectivity index (χ0v) is 13.2. The topological polar surface area (TPSA) is 52.6 Å². The second-order valence-electron chi connectivity index (χ2n) is 8.00. The van der Waals surface area contributed by atoms with E-state index in [4.69, 9.17) is 9.47 Å². The minimum Gasteiger partial charge on any atom is -0.459 e. The number of esters is 1. The number of hydrogen-bond acceptors (Lipinski definition) is 4. The van der Waals surface area contributed by atoms with Crippen LogP contribution in [0.4, 0.5) is 0 Å². The molecular weight excluding hydrogens is 292 g/mol. The van der Waals surface area contributed by atoms with E-state index in [-0.39, 0.29) is 47.5 Å². The molecule has 4 nitrogen and oxygen atoms in total. The normalized spacial score (nSPS) is 47.0. The molecule has 1 saturated carbocycles. The van der Waals surface area contributed by atoms with Crippen LogP contribution in [0.25, 0.3) is 0 Å². The predicted octanol–water partition coefficient (Wildman–Crippen LogP) is 2.02. The van der Waals surface area contributed by atoms with Gasteiger partial charge in [-0.2, -0.15) is 0 Å². The van der Waals surface area contributed by atoms with Crippen LogP contribution in [0.5, 0.6) is 0 Å². The molecule has 0 radical (unpaired) electrons. The van der Waals surface area contributed by atoms with Crippen molar-refractivity contribution in [1.82, 2.24) is 0 Å². The minimum atomic E-state index is -0.444. The van der Waals surface area contributed by atoms with Crippen LogP contribution in [0, 0.1) is 24.2 Å². The van der Waals surface area contributed by atoms with E-state index in [2.05, 4.69) is 6.92 Å². The molecule has 0 aromatic heterocycles. The Kier molecular flexibility index (Phi) is 1.95. The Morgan fingerprint density at radius 2 is 2.00 bits per heavy atom.